The van der Waals surface area contributed by atoms with Crippen molar-refractivity contribution in [3.05, 3.63) is 65.2 Å². The highest BCUT2D eigenvalue weighted by Gasteiger charge is 2.35. The molecule has 6 nitrogen and oxygen atoms in total. The number of piperidine rings is 1. The second-order valence-corrected chi connectivity index (χ2v) is 9.25. The van der Waals surface area contributed by atoms with Gasteiger partial charge in [0, 0.05) is 37.4 Å². The molecule has 2 aromatic rings. The van der Waals surface area contributed by atoms with Gasteiger partial charge >= 0.3 is 5.97 Å². The molecule has 33 heavy (non-hydrogen) atoms. The van der Waals surface area contributed by atoms with Gasteiger partial charge < -0.3 is 10.1 Å². The summed E-state index contributed by atoms with van der Waals surface area (Å²) < 4.78 is 5.00. The van der Waals surface area contributed by atoms with Crippen LogP contribution in [0.2, 0.25) is 0 Å². The number of carbonyl (C=O) groups excluding carboxylic acids is 2. The Kier molecular flexibility index (Phi) is 7.78. The van der Waals surface area contributed by atoms with Crippen LogP contribution in [0.4, 0.5) is 5.69 Å². The van der Waals surface area contributed by atoms with Crippen LogP contribution in [0, 0.1) is 6.92 Å². The normalized spacial score (nSPS) is 17.2. The number of esters is 1. The lowest BCUT2D eigenvalue weighted by Crippen LogP contribution is -2.47. The Labute approximate surface area is 196 Å². The predicted octanol–water partition coefficient (Wildman–Crippen LogP) is 4.24. The minimum absolute atomic E-state index is 0.0175. The van der Waals surface area contributed by atoms with Gasteiger partial charge in [0.2, 0.25) is 5.91 Å². The minimum Gasteiger partial charge on any atom is -0.462 e. The molecule has 0 bridgehead atoms. The fourth-order valence-corrected chi connectivity index (χ4v) is 4.70. The van der Waals surface area contributed by atoms with Crippen LogP contribution in [0.25, 0.3) is 0 Å². The molecule has 2 aliphatic rings. The van der Waals surface area contributed by atoms with Crippen molar-refractivity contribution in [2.45, 2.75) is 58.2 Å². The standard InChI is InChI=1S/C27H35N3O3/c1-3-33-27(32)22-7-9-23(10-8-22)28-26(31)19-29-15-13-25(14-16-29)30(24-11-12-24)18-21-6-4-5-20(2)17-21/h4-10,17,24-25H,3,11-16,18-19H2,1-2H3,(H,28,31). The Hall–Kier alpha value is -2.70. The summed E-state index contributed by atoms with van der Waals surface area (Å²) in [5.41, 5.74) is 3.90. The van der Waals surface area contributed by atoms with Gasteiger partial charge in [0.1, 0.15) is 0 Å². The van der Waals surface area contributed by atoms with Crippen LogP contribution in [0.15, 0.2) is 48.5 Å². The van der Waals surface area contributed by atoms with E-state index in [1.54, 1.807) is 31.2 Å². The molecule has 1 saturated carbocycles. The van der Waals surface area contributed by atoms with Gasteiger partial charge in [-0.15, -0.1) is 0 Å². The molecule has 1 heterocycles. The maximum Gasteiger partial charge on any atom is 0.338 e. The Morgan fingerprint density at radius 3 is 2.36 bits per heavy atom. The van der Waals surface area contributed by atoms with Gasteiger partial charge in [0.25, 0.3) is 0 Å². The summed E-state index contributed by atoms with van der Waals surface area (Å²) in [6, 6.07) is 17.0. The zero-order valence-corrected chi connectivity index (χ0v) is 19.8. The Morgan fingerprint density at radius 2 is 1.73 bits per heavy atom. The second kappa shape index (κ2) is 10.9. The second-order valence-electron chi connectivity index (χ2n) is 9.25. The van der Waals surface area contributed by atoms with Crippen molar-refractivity contribution in [3.63, 3.8) is 0 Å². The van der Waals surface area contributed by atoms with Crippen molar-refractivity contribution >= 4 is 17.6 Å². The summed E-state index contributed by atoms with van der Waals surface area (Å²) >= 11 is 0. The highest BCUT2D eigenvalue weighted by atomic mass is 16.5. The Morgan fingerprint density at radius 1 is 1.03 bits per heavy atom. The number of hydrogen-bond donors (Lipinski definition) is 1. The number of hydrogen-bond acceptors (Lipinski definition) is 5. The third-order valence-corrected chi connectivity index (χ3v) is 6.54. The first kappa shape index (κ1) is 23.5. The maximum atomic E-state index is 12.6. The van der Waals surface area contributed by atoms with Crippen molar-refractivity contribution in [2.24, 2.45) is 0 Å². The summed E-state index contributed by atoms with van der Waals surface area (Å²) in [5.74, 6) is -0.364. The van der Waals surface area contributed by atoms with Crippen molar-refractivity contribution in [2.75, 3.05) is 31.6 Å². The molecule has 2 fully saturated rings. The summed E-state index contributed by atoms with van der Waals surface area (Å²) in [7, 11) is 0. The monoisotopic (exact) mass is 449 g/mol. The number of benzene rings is 2. The van der Waals surface area contributed by atoms with E-state index in [4.69, 9.17) is 4.74 Å². The number of likely N-dealkylation sites (tertiary alicyclic amines) is 1. The lowest BCUT2D eigenvalue weighted by Gasteiger charge is -2.38. The molecule has 2 aromatic carbocycles. The molecule has 0 radical (unpaired) electrons. The molecule has 1 aliphatic heterocycles. The number of nitrogens with one attached hydrogen (secondary N) is 1. The van der Waals surface area contributed by atoms with E-state index in [0.29, 0.717) is 30.4 Å². The zero-order chi connectivity index (χ0) is 23.2. The molecule has 1 N–H and O–H groups in total. The first-order valence-corrected chi connectivity index (χ1v) is 12.1. The van der Waals surface area contributed by atoms with Crippen LogP contribution in [-0.4, -0.2) is 60.0 Å². The third kappa shape index (κ3) is 6.65. The van der Waals surface area contributed by atoms with Crippen LogP contribution in [-0.2, 0) is 16.1 Å². The van der Waals surface area contributed by atoms with Gasteiger partial charge in [0.15, 0.2) is 0 Å². The van der Waals surface area contributed by atoms with Crippen LogP contribution < -0.4 is 5.32 Å². The van der Waals surface area contributed by atoms with E-state index in [-0.39, 0.29) is 11.9 Å². The van der Waals surface area contributed by atoms with Crippen LogP contribution >= 0.6 is 0 Å². The molecule has 1 saturated heterocycles. The number of ether oxygens (including phenoxy) is 1. The lowest BCUT2D eigenvalue weighted by molar-refractivity contribution is -0.117. The number of nitrogens with zero attached hydrogens (tertiary/aromatic N) is 2. The highest BCUT2D eigenvalue weighted by molar-refractivity contribution is 5.94. The topological polar surface area (TPSA) is 61.9 Å². The molecule has 1 amide bonds. The quantitative estimate of drug-likeness (QED) is 0.580. The molecule has 0 aromatic heterocycles. The molecular weight excluding hydrogens is 414 g/mol. The van der Waals surface area contributed by atoms with Crippen molar-refractivity contribution < 1.29 is 14.3 Å². The van der Waals surface area contributed by atoms with Gasteiger partial charge in [-0.25, -0.2) is 4.79 Å². The van der Waals surface area contributed by atoms with Crippen LogP contribution in [0.3, 0.4) is 0 Å². The lowest BCUT2D eigenvalue weighted by atomic mass is 10.0. The van der Waals surface area contributed by atoms with E-state index < -0.39 is 0 Å². The summed E-state index contributed by atoms with van der Waals surface area (Å²) in [6.07, 6.45) is 4.82. The van der Waals surface area contributed by atoms with Gasteiger partial charge in [-0.05, 0) is 69.4 Å². The maximum absolute atomic E-state index is 12.6. The molecule has 0 spiro atoms. The van der Waals surface area contributed by atoms with Gasteiger partial charge in [0.05, 0.1) is 18.7 Å². The molecular formula is C27H35N3O3. The molecule has 0 atom stereocenters. The van der Waals surface area contributed by atoms with Crippen molar-refractivity contribution in [1.82, 2.24) is 9.80 Å². The number of aryl methyl sites for hydroxylation is 1. The number of amides is 1. The van der Waals surface area contributed by atoms with E-state index in [0.717, 1.165) is 38.5 Å². The molecule has 1 aliphatic carbocycles. The molecule has 6 heteroatoms. The average molecular weight is 450 g/mol. The summed E-state index contributed by atoms with van der Waals surface area (Å²) in [5, 5.41) is 2.94. The van der Waals surface area contributed by atoms with Crippen LogP contribution in [0.1, 0.15) is 54.1 Å². The van der Waals surface area contributed by atoms with Crippen molar-refractivity contribution in [3.8, 4) is 0 Å². The van der Waals surface area contributed by atoms with E-state index in [9.17, 15) is 9.59 Å². The van der Waals surface area contributed by atoms with E-state index in [1.165, 1.54) is 24.0 Å². The zero-order valence-electron chi connectivity index (χ0n) is 19.8. The van der Waals surface area contributed by atoms with Gasteiger partial charge in [-0.2, -0.15) is 0 Å². The Bertz CT molecular complexity index is 947. The number of rotatable bonds is 9. The Balaban J connectivity index is 1.24. The fraction of sp³-hybridized carbons (Fsp3) is 0.481. The molecule has 176 valence electrons. The number of carbonyl (C=O) groups is 2. The van der Waals surface area contributed by atoms with Crippen LogP contribution in [0.5, 0.6) is 0 Å². The van der Waals surface area contributed by atoms with E-state index in [1.807, 2.05) is 0 Å². The first-order chi connectivity index (χ1) is 16.0. The summed E-state index contributed by atoms with van der Waals surface area (Å²) in [4.78, 5) is 29.3. The molecule has 4 rings (SSSR count). The smallest absolute Gasteiger partial charge is 0.338 e. The first-order valence-electron chi connectivity index (χ1n) is 12.1. The number of anilines is 1. The predicted molar refractivity (Wildman–Crippen MR) is 130 cm³/mol. The average Bonchev–Trinajstić information content (AvgIpc) is 3.64. The SMILES string of the molecule is CCOC(=O)c1ccc(NC(=O)CN2CCC(N(Cc3cccc(C)c3)C3CC3)CC2)cc1. The van der Waals surface area contributed by atoms with Gasteiger partial charge in [-0.3, -0.25) is 14.6 Å². The molecule has 0 unspecified atom stereocenters. The summed E-state index contributed by atoms with van der Waals surface area (Å²) in [6.45, 7) is 7.59. The minimum atomic E-state index is -0.346. The van der Waals surface area contributed by atoms with Gasteiger partial charge in [-0.1, -0.05) is 29.8 Å². The van der Waals surface area contributed by atoms with E-state index >= 15 is 0 Å². The van der Waals surface area contributed by atoms with E-state index in [2.05, 4.69) is 46.3 Å². The highest BCUT2D eigenvalue weighted by Crippen LogP contribution is 2.33. The largest absolute Gasteiger partial charge is 0.462 e. The third-order valence-electron chi connectivity index (χ3n) is 6.54. The fourth-order valence-electron chi connectivity index (χ4n) is 4.70. The van der Waals surface area contributed by atoms with Crippen molar-refractivity contribution in [1.29, 1.82) is 0 Å².